The van der Waals surface area contributed by atoms with Crippen LogP contribution in [-0.2, 0) is 9.59 Å². The van der Waals surface area contributed by atoms with Gasteiger partial charge in [-0.3, -0.25) is 9.59 Å². The number of hydrogen-bond acceptors (Lipinski definition) is 2. The summed E-state index contributed by atoms with van der Waals surface area (Å²) in [5.74, 6) is -1.64. The number of rotatable bonds is 3. The molecule has 1 saturated carbocycles. The molecular weight excluding hydrogens is 206 g/mol. The van der Waals surface area contributed by atoms with Gasteiger partial charge in [0.05, 0.1) is 11.8 Å². The molecule has 0 heterocycles. The molecule has 0 aromatic heterocycles. The van der Waals surface area contributed by atoms with Crippen LogP contribution in [-0.4, -0.2) is 35.0 Å². The number of aliphatic carboxylic acids is 1. The van der Waals surface area contributed by atoms with E-state index >= 15 is 0 Å². The molecule has 1 fully saturated rings. The molecule has 1 aliphatic rings. The van der Waals surface area contributed by atoms with Gasteiger partial charge in [-0.1, -0.05) is 12.8 Å². The second-order valence-corrected chi connectivity index (χ2v) is 4.88. The van der Waals surface area contributed by atoms with Gasteiger partial charge in [0.15, 0.2) is 0 Å². The average molecular weight is 227 g/mol. The van der Waals surface area contributed by atoms with Gasteiger partial charge in [0, 0.05) is 13.1 Å². The topological polar surface area (TPSA) is 57.6 Å². The molecule has 4 heteroatoms. The third-order valence-electron chi connectivity index (χ3n) is 3.52. The van der Waals surface area contributed by atoms with E-state index in [1.165, 1.54) is 0 Å². The van der Waals surface area contributed by atoms with Gasteiger partial charge in [0.25, 0.3) is 0 Å². The maximum atomic E-state index is 12.1. The van der Waals surface area contributed by atoms with Crippen LogP contribution in [0.3, 0.4) is 0 Å². The SMILES string of the molecule is CC(C)N(C)C(=O)C1CCCCC1C(=O)O. The minimum atomic E-state index is -0.824. The van der Waals surface area contributed by atoms with E-state index in [0.29, 0.717) is 12.8 Å². The molecule has 0 bridgehead atoms. The van der Waals surface area contributed by atoms with Gasteiger partial charge >= 0.3 is 5.97 Å². The van der Waals surface area contributed by atoms with Crippen molar-refractivity contribution in [2.45, 2.75) is 45.6 Å². The zero-order chi connectivity index (χ0) is 12.3. The predicted molar refractivity (Wildman–Crippen MR) is 61.0 cm³/mol. The fraction of sp³-hybridized carbons (Fsp3) is 0.833. The zero-order valence-corrected chi connectivity index (χ0v) is 10.3. The Bertz CT molecular complexity index is 275. The van der Waals surface area contributed by atoms with E-state index in [2.05, 4.69) is 0 Å². The van der Waals surface area contributed by atoms with Gasteiger partial charge < -0.3 is 10.0 Å². The number of carbonyl (C=O) groups excluding carboxylic acids is 1. The summed E-state index contributed by atoms with van der Waals surface area (Å²) < 4.78 is 0. The second-order valence-electron chi connectivity index (χ2n) is 4.88. The van der Waals surface area contributed by atoms with Crippen molar-refractivity contribution in [3.05, 3.63) is 0 Å². The third-order valence-corrected chi connectivity index (χ3v) is 3.52. The minimum absolute atomic E-state index is 0.0119. The van der Waals surface area contributed by atoms with Crippen LogP contribution >= 0.6 is 0 Å². The molecule has 1 aliphatic carbocycles. The lowest BCUT2D eigenvalue weighted by molar-refractivity contribution is -0.152. The van der Waals surface area contributed by atoms with E-state index in [-0.39, 0.29) is 17.9 Å². The molecule has 0 aromatic rings. The van der Waals surface area contributed by atoms with Gasteiger partial charge in [-0.2, -0.15) is 0 Å². The Morgan fingerprint density at radius 3 is 2.12 bits per heavy atom. The molecule has 0 aromatic carbocycles. The molecule has 4 nitrogen and oxygen atoms in total. The van der Waals surface area contributed by atoms with E-state index in [4.69, 9.17) is 5.11 Å². The Hall–Kier alpha value is -1.06. The fourth-order valence-electron chi connectivity index (χ4n) is 2.24. The highest BCUT2D eigenvalue weighted by molar-refractivity contribution is 5.85. The number of nitrogens with zero attached hydrogens (tertiary/aromatic N) is 1. The predicted octanol–water partition coefficient (Wildman–Crippen LogP) is 1.74. The summed E-state index contributed by atoms with van der Waals surface area (Å²) in [6.07, 6.45) is 3.24. The molecule has 92 valence electrons. The first-order valence-corrected chi connectivity index (χ1v) is 5.94. The van der Waals surface area contributed by atoms with Crippen molar-refractivity contribution in [3.8, 4) is 0 Å². The summed E-state index contributed by atoms with van der Waals surface area (Å²) in [6, 6.07) is 0.129. The zero-order valence-electron chi connectivity index (χ0n) is 10.3. The van der Waals surface area contributed by atoms with Crippen LogP contribution in [0.25, 0.3) is 0 Å². The molecule has 1 N–H and O–H groups in total. The van der Waals surface area contributed by atoms with Crippen LogP contribution < -0.4 is 0 Å². The lowest BCUT2D eigenvalue weighted by atomic mass is 9.78. The molecule has 1 rings (SSSR count). The monoisotopic (exact) mass is 227 g/mol. The van der Waals surface area contributed by atoms with Gasteiger partial charge in [-0.05, 0) is 26.7 Å². The largest absolute Gasteiger partial charge is 0.481 e. The third kappa shape index (κ3) is 2.74. The molecular formula is C12H21NO3. The van der Waals surface area contributed by atoms with Crippen molar-refractivity contribution in [1.82, 2.24) is 4.90 Å². The first-order chi connectivity index (χ1) is 7.45. The maximum Gasteiger partial charge on any atom is 0.307 e. The van der Waals surface area contributed by atoms with E-state index in [1.807, 2.05) is 13.8 Å². The van der Waals surface area contributed by atoms with Gasteiger partial charge in [0.2, 0.25) is 5.91 Å². The number of carbonyl (C=O) groups is 2. The number of amides is 1. The number of carboxylic acid groups (broad SMARTS) is 1. The van der Waals surface area contributed by atoms with Crippen LogP contribution in [0.15, 0.2) is 0 Å². The van der Waals surface area contributed by atoms with Gasteiger partial charge in [0.1, 0.15) is 0 Å². The second kappa shape index (κ2) is 5.32. The number of hydrogen-bond donors (Lipinski definition) is 1. The van der Waals surface area contributed by atoms with Crippen molar-refractivity contribution in [1.29, 1.82) is 0 Å². The Morgan fingerprint density at radius 2 is 1.69 bits per heavy atom. The quantitative estimate of drug-likeness (QED) is 0.799. The normalized spacial score (nSPS) is 25.5. The van der Waals surface area contributed by atoms with Crippen LogP contribution in [0.5, 0.6) is 0 Å². The van der Waals surface area contributed by atoms with Crippen molar-refractivity contribution < 1.29 is 14.7 Å². The van der Waals surface area contributed by atoms with E-state index in [1.54, 1.807) is 11.9 Å². The summed E-state index contributed by atoms with van der Waals surface area (Å²) >= 11 is 0. The first-order valence-electron chi connectivity index (χ1n) is 5.94. The Labute approximate surface area is 96.6 Å². The Balaban J connectivity index is 2.75. The fourth-order valence-corrected chi connectivity index (χ4v) is 2.24. The minimum Gasteiger partial charge on any atom is -0.481 e. The van der Waals surface area contributed by atoms with Crippen molar-refractivity contribution >= 4 is 11.9 Å². The van der Waals surface area contributed by atoms with Crippen LogP contribution in [0.1, 0.15) is 39.5 Å². The lowest BCUT2D eigenvalue weighted by Gasteiger charge is -2.32. The first kappa shape index (κ1) is 13.0. The molecule has 0 radical (unpaired) electrons. The van der Waals surface area contributed by atoms with Gasteiger partial charge in [-0.15, -0.1) is 0 Å². The summed E-state index contributed by atoms with van der Waals surface area (Å²) in [5, 5.41) is 9.11. The standard InChI is InChI=1S/C12H21NO3/c1-8(2)13(3)11(14)9-6-4-5-7-10(9)12(15)16/h8-10H,4-7H2,1-3H3,(H,15,16). The molecule has 0 saturated heterocycles. The van der Waals surface area contributed by atoms with Crippen molar-refractivity contribution in [2.24, 2.45) is 11.8 Å². The summed E-state index contributed by atoms with van der Waals surface area (Å²) in [5.41, 5.74) is 0. The highest BCUT2D eigenvalue weighted by Crippen LogP contribution is 2.31. The summed E-state index contributed by atoms with van der Waals surface area (Å²) in [7, 11) is 1.75. The van der Waals surface area contributed by atoms with Crippen molar-refractivity contribution in [2.75, 3.05) is 7.05 Å². The highest BCUT2D eigenvalue weighted by atomic mass is 16.4. The lowest BCUT2D eigenvalue weighted by Crippen LogP contribution is -2.43. The molecule has 0 spiro atoms. The van der Waals surface area contributed by atoms with Crippen LogP contribution in [0, 0.1) is 11.8 Å². The Kier molecular flexibility index (Phi) is 4.33. The molecule has 2 unspecified atom stereocenters. The maximum absolute atomic E-state index is 12.1. The van der Waals surface area contributed by atoms with E-state index < -0.39 is 11.9 Å². The van der Waals surface area contributed by atoms with E-state index in [9.17, 15) is 9.59 Å². The molecule has 16 heavy (non-hydrogen) atoms. The van der Waals surface area contributed by atoms with Gasteiger partial charge in [-0.25, -0.2) is 0 Å². The Morgan fingerprint density at radius 1 is 1.19 bits per heavy atom. The smallest absolute Gasteiger partial charge is 0.307 e. The number of carboxylic acids is 1. The molecule has 2 atom stereocenters. The molecule has 0 aliphatic heterocycles. The van der Waals surface area contributed by atoms with Crippen LogP contribution in [0.2, 0.25) is 0 Å². The summed E-state index contributed by atoms with van der Waals surface area (Å²) in [6.45, 7) is 3.88. The van der Waals surface area contributed by atoms with Crippen LogP contribution in [0.4, 0.5) is 0 Å². The van der Waals surface area contributed by atoms with E-state index in [0.717, 1.165) is 12.8 Å². The van der Waals surface area contributed by atoms with Crippen molar-refractivity contribution in [3.63, 3.8) is 0 Å². The highest BCUT2D eigenvalue weighted by Gasteiger charge is 2.37. The average Bonchev–Trinajstić information content (AvgIpc) is 2.26. The summed E-state index contributed by atoms with van der Waals surface area (Å²) in [4.78, 5) is 24.9. The molecule has 1 amide bonds.